The van der Waals surface area contributed by atoms with Crippen LogP contribution >= 0.6 is 0 Å². The van der Waals surface area contributed by atoms with Crippen LogP contribution in [0.3, 0.4) is 0 Å². The quantitative estimate of drug-likeness (QED) is 0.582. The average Bonchev–Trinajstić information content (AvgIpc) is 2.73. The van der Waals surface area contributed by atoms with Crippen LogP contribution in [0.2, 0.25) is 0 Å². The molecule has 4 aromatic rings. The van der Waals surface area contributed by atoms with E-state index in [-0.39, 0.29) is 0 Å². The van der Waals surface area contributed by atoms with E-state index in [0.717, 1.165) is 27.8 Å². The Hall–Kier alpha value is -3.24. The molecule has 4 rings (SSSR count). The second-order valence-corrected chi connectivity index (χ2v) is 6.58. The van der Waals surface area contributed by atoms with Crippen molar-refractivity contribution in [3.8, 4) is 17.1 Å². The minimum atomic E-state index is -1.28. The van der Waals surface area contributed by atoms with Crippen molar-refractivity contribution < 1.29 is 9.84 Å². The summed E-state index contributed by atoms with van der Waals surface area (Å²) in [5.74, 6) is 1.34. The number of methoxy groups -OCH3 is 1. The van der Waals surface area contributed by atoms with Crippen LogP contribution in [0.25, 0.3) is 22.3 Å². The number of para-hydroxylation sites is 1. The summed E-state index contributed by atoms with van der Waals surface area (Å²) in [4.78, 5) is 9.47. The highest BCUT2D eigenvalue weighted by molar-refractivity contribution is 5.84. The predicted octanol–water partition coefficient (Wildman–Crippen LogP) is 4.56. The third kappa shape index (κ3) is 3.15. The van der Waals surface area contributed by atoms with Crippen molar-refractivity contribution in [2.24, 2.45) is 0 Å². The normalized spacial score (nSPS) is 13.3. The molecule has 3 aromatic carbocycles. The molecule has 27 heavy (non-hydrogen) atoms. The van der Waals surface area contributed by atoms with E-state index in [0.29, 0.717) is 11.5 Å². The van der Waals surface area contributed by atoms with Crippen LogP contribution < -0.4 is 4.74 Å². The molecule has 1 atom stereocenters. The van der Waals surface area contributed by atoms with Gasteiger partial charge in [-0.1, -0.05) is 60.7 Å². The van der Waals surface area contributed by atoms with Gasteiger partial charge < -0.3 is 9.84 Å². The number of fused-ring (bicyclic) bond motifs is 1. The van der Waals surface area contributed by atoms with Crippen molar-refractivity contribution in [2.45, 2.75) is 12.5 Å². The van der Waals surface area contributed by atoms with Crippen LogP contribution in [-0.4, -0.2) is 22.2 Å². The van der Waals surface area contributed by atoms with Crippen LogP contribution in [0.15, 0.2) is 78.9 Å². The predicted molar refractivity (Wildman–Crippen MR) is 107 cm³/mol. The molecule has 0 aliphatic heterocycles. The van der Waals surface area contributed by atoms with Gasteiger partial charge in [0.25, 0.3) is 0 Å². The number of nitrogens with zero attached hydrogens (tertiary/aromatic N) is 2. The first kappa shape index (κ1) is 17.2. The lowest BCUT2D eigenvalue weighted by Crippen LogP contribution is -2.25. The van der Waals surface area contributed by atoms with Gasteiger partial charge in [-0.3, -0.25) is 0 Å². The smallest absolute Gasteiger partial charge is 0.160 e. The summed E-state index contributed by atoms with van der Waals surface area (Å²) in [5.41, 5.74) is 1.76. The average molecular weight is 356 g/mol. The highest BCUT2D eigenvalue weighted by atomic mass is 16.5. The molecule has 1 heterocycles. The van der Waals surface area contributed by atoms with E-state index in [4.69, 9.17) is 14.7 Å². The van der Waals surface area contributed by atoms with Crippen LogP contribution in [0.5, 0.6) is 5.75 Å². The monoisotopic (exact) mass is 356 g/mol. The van der Waals surface area contributed by atoms with Crippen LogP contribution in [-0.2, 0) is 5.60 Å². The first-order valence-electron chi connectivity index (χ1n) is 8.79. The number of hydrogen-bond acceptors (Lipinski definition) is 4. The molecule has 1 unspecified atom stereocenters. The number of rotatable bonds is 4. The van der Waals surface area contributed by atoms with Gasteiger partial charge in [-0.25, -0.2) is 9.97 Å². The fourth-order valence-corrected chi connectivity index (χ4v) is 3.22. The molecule has 0 amide bonds. The summed E-state index contributed by atoms with van der Waals surface area (Å²) >= 11 is 0. The lowest BCUT2D eigenvalue weighted by molar-refractivity contribution is 0.0991. The second kappa shape index (κ2) is 6.82. The topological polar surface area (TPSA) is 55.2 Å². The van der Waals surface area contributed by atoms with E-state index in [2.05, 4.69) is 0 Å². The standard InChI is InChI=1S/C23H20N2O2/c1-23(26,17-12-14-18(27-2)15-13-17)21-19-10-6-7-11-20(19)24-22(25-21)16-8-4-3-5-9-16/h3-15,26H,1-2H3. The second-order valence-electron chi connectivity index (χ2n) is 6.58. The molecule has 0 fully saturated rings. The van der Waals surface area contributed by atoms with Crippen molar-refractivity contribution in [2.75, 3.05) is 7.11 Å². The number of aromatic nitrogens is 2. The number of ether oxygens (including phenoxy) is 1. The zero-order valence-electron chi connectivity index (χ0n) is 15.3. The third-order valence-corrected chi connectivity index (χ3v) is 4.75. The van der Waals surface area contributed by atoms with E-state index in [1.165, 1.54) is 0 Å². The molecule has 0 aliphatic rings. The number of benzene rings is 3. The molecule has 4 nitrogen and oxygen atoms in total. The van der Waals surface area contributed by atoms with Crippen LogP contribution in [0, 0.1) is 0 Å². The Bertz CT molecular complexity index is 1070. The summed E-state index contributed by atoms with van der Waals surface area (Å²) < 4.78 is 5.23. The van der Waals surface area contributed by atoms with Crippen molar-refractivity contribution in [1.82, 2.24) is 9.97 Å². The van der Waals surface area contributed by atoms with Crippen LogP contribution in [0.4, 0.5) is 0 Å². The van der Waals surface area contributed by atoms with Gasteiger partial charge in [0, 0.05) is 10.9 Å². The number of hydrogen-bond donors (Lipinski definition) is 1. The van der Waals surface area contributed by atoms with E-state index in [9.17, 15) is 5.11 Å². The fraction of sp³-hybridized carbons (Fsp3) is 0.130. The van der Waals surface area contributed by atoms with Gasteiger partial charge in [-0.2, -0.15) is 0 Å². The van der Waals surface area contributed by atoms with Crippen molar-refractivity contribution in [3.63, 3.8) is 0 Å². The fourth-order valence-electron chi connectivity index (χ4n) is 3.22. The zero-order chi connectivity index (χ0) is 18.9. The molecule has 0 spiro atoms. The Morgan fingerprint density at radius 3 is 2.19 bits per heavy atom. The zero-order valence-corrected chi connectivity index (χ0v) is 15.3. The molecule has 0 saturated carbocycles. The summed E-state index contributed by atoms with van der Waals surface area (Å²) in [6.45, 7) is 1.76. The SMILES string of the molecule is COc1ccc(C(C)(O)c2nc(-c3ccccc3)nc3ccccc23)cc1. The van der Waals surface area contributed by atoms with E-state index < -0.39 is 5.60 Å². The Kier molecular flexibility index (Phi) is 4.34. The molecule has 0 radical (unpaired) electrons. The third-order valence-electron chi connectivity index (χ3n) is 4.75. The van der Waals surface area contributed by atoms with E-state index in [1.807, 2.05) is 78.9 Å². The lowest BCUT2D eigenvalue weighted by atomic mass is 9.89. The van der Waals surface area contributed by atoms with Gasteiger partial charge in [0.1, 0.15) is 11.4 Å². The van der Waals surface area contributed by atoms with Gasteiger partial charge >= 0.3 is 0 Å². The highest BCUT2D eigenvalue weighted by Gasteiger charge is 2.30. The molecular weight excluding hydrogens is 336 g/mol. The first-order valence-corrected chi connectivity index (χ1v) is 8.79. The molecular formula is C23H20N2O2. The van der Waals surface area contributed by atoms with E-state index in [1.54, 1.807) is 14.0 Å². The summed E-state index contributed by atoms with van der Waals surface area (Å²) in [6, 6.07) is 25.0. The maximum Gasteiger partial charge on any atom is 0.160 e. The Morgan fingerprint density at radius 2 is 1.48 bits per heavy atom. The molecule has 0 bridgehead atoms. The molecule has 134 valence electrons. The maximum absolute atomic E-state index is 11.5. The van der Waals surface area contributed by atoms with Gasteiger partial charge in [-0.15, -0.1) is 0 Å². The molecule has 0 aliphatic carbocycles. The van der Waals surface area contributed by atoms with Crippen molar-refractivity contribution in [3.05, 3.63) is 90.1 Å². The molecule has 1 aromatic heterocycles. The van der Waals surface area contributed by atoms with Crippen molar-refractivity contribution >= 4 is 10.9 Å². The molecule has 0 saturated heterocycles. The highest BCUT2D eigenvalue weighted by Crippen LogP contribution is 2.34. The Balaban J connectivity index is 1.93. The van der Waals surface area contributed by atoms with Gasteiger partial charge in [0.15, 0.2) is 5.82 Å². The Morgan fingerprint density at radius 1 is 0.815 bits per heavy atom. The molecule has 1 N–H and O–H groups in total. The summed E-state index contributed by atoms with van der Waals surface area (Å²) in [6.07, 6.45) is 0. The van der Waals surface area contributed by atoms with Crippen LogP contribution in [0.1, 0.15) is 18.2 Å². The first-order chi connectivity index (χ1) is 13.1. The van der Waals surface area contributed by atoms with Gasteiger partial charge in [-0.05, 0) is 30.7 Å². The minimum Gasteiger partial charge on any atom is -0.497 e. The summed E-state index contributed by atoms with van der Waals surface area (Å²) in [5, 5.41) is 12.3. The summed E-state index contributed by atoms with van der Waals surface area (Å²) in [7, 11) is 1.62. The van der Waals surface area contributed by atoms with Gasteiger partial charge in [0.05, 0.1) is 18.3 Å². The van der Waals surface area contributed by atoms with Crippen molar-refractivity contribution in [1.29, 1.82) is 0 Å². The molecule has 4 heteroatoms. The Labute approximate surface area is 158 Å². The maximum atomic E-state index is 11.5. The number of aliphatic hydroxyl groups is 1. The lowest BCUT2D eigenvalue weighted by Gasteiger charge is -2.25. The van der Waals surface area contributed by atoms with Gasteiger partial charge in [0.2, 0.25) is 0 Å². The minimum absolute atomic E-state index is 0.581. The van der Waals surface area contributed by atoms with E-state index >= 15 is 0 Å². The largest absolute Gasteiger partial charge is 0.497 e.